The SMILES string of the molecule is CCOc1c(-c2ccc3cc(NS(C)(=O)=O)ccc3c2)cc(-n2ccc(=O)[nH]c2=O)cc1C(C)(C)C. The average Bonchev–Trinajstić information content (AvgIpc) is 2.77. The smallest absolute Gasteiger partial charge is 0.332 e. The molecule has 0 aliphatic carbocycles. The van der Waals surface area contributed by atoms with Gasteiger partial charge in [0.15, 0.2) is 0 Å². The Morgan fingerprint density at radius 2 is 1.67 bits per heavy atom. The largest absolute Gasteiger partial charge is 0.493 e. The minimum absolute atomic E-state index is 0.301. The topological polar surface area (TPSA) is 110 Å². The van der Waals surface area contributed by atoms with Crippen molar-refractivity contribution in [3.63, 3.8) is 0 Å². The van der Waals surface area contributed by atoms with Gasteiger partial charge in [-0.15, -0.1) is 0 Å². The van der Waals surface area contributed by atoms with Crippen LogP contribution < -0.4 is 20.7 Å². The predicted molar refractivity (Wildman–Crippen MR) is 144 cm³/mol. The van der Waals surface area contributed by atoms with Crippen molar-refractivity contribution in [1.82, 2.24) is 9.55 Å². The third-order valence-corrected chi connectivity index (χ3v) is 6.33. The van der Waals surface area contributed by atoms with Crippen molar-refractivity contribution in [2.24, 2.45) is 0 Å². The number of aromatic amines is 1. The van der Waals surface area contributed by atoms with Gasteiger partial charge in [0.25, 0.3) is 5.56 Å². The summed E-state index contributed by atoms with van der Waals surface area (Å²) < 4.78 is 33.3. The fourth-order valence-electron chi connectivity index (χ4n) is 4.14. The van der Waals surface area contributed by atoms with E-state index in [9.17, 15) is 18.0 Å². The molecule has 0 unspecified atom stereocenters. The number of fused-ring (bicyclic) bond motifs is 1. The number of H-pyrrole nitrogens is 1. The molecule has 4 rings (SSSR count). The molecule has 0 amide bonds. The van der Waals surface area contributed by atoms with E-state index in [4.69, 9.17) is 4.74 Å². The maximum Gasteiger partial charge on any atom is 0.332 e. The lowest BCUT2D eigenvalue weighted by Gasteiger charge is -2.26. The van der Waals surface area contributed by atoms with Gasteiger partial charge in [0.1, 0.15) is 5.75 Å². The van der Waals surface area contributed by atoms with Crippen LogP contribution in [0.15, 0.2) is 70.4 Å². The van der Waals surface area contributed by atoms with E-state index in [1.165, 1.54) is 16.8 Å². The molecule has 0 aliphatic rings. The molecule has 8 nitrogen and oxygen atoms in total. The summed E-state index contributed by atoms with van der Waals surface area (Å²) in [5.41, 5.74) is 2.40. The minimum atomic E-state index is -3.38. The first-order valence-corrected chi connectivity index (χ1v) is 13.4. The van der Waals surface area contributed by atoms with E-state index in [0.717, 1.165) is 39.5 Å². The summed E-state index contributed by atoms with van der Waals surface area (Å²) >= 11 is 0. The molecule has 9 heteroatoms. The van der Waals surface area contributed by atoms with E-state index in [1.54, 1.807) is 12.1 Å². The van der Waals surface area contributed by atoms with Gasteiger partial charge in [-0.25, -0.2) is 13.2 Å². The highest BCUT2D eigenvalue weighted by molar-refractivity contribution is 7.92. The Hall–Kier alpha value is -3.85. The highest BCUT2D eigenvalue weighted by Gasteiger charge is 2.24. The first-order chi connectivity index (χ1) is 16.9. The van der Waals surface area contributed by atoms with Gasteiger partial charge < -0.3 is 4.74 Å². The molecule has 0 aliphatic heterocycles. The molecule has 1 heterocycles. The fourth-order valence-corrected chi connectivity index (χ4v) is 4.69. The third kappa shape index (κ3) is 5.36. The molecule has 3 aromatic carbocycles. The normalized spacial score (nSPS) is 12.0. The van der Waals surface area contributed by atoms with Crippen molar-refractivity contribution in [2.45, 2.75) is 33.1 Å². The van der Waals surface area contributed by atoms with Crippen LogP contribution in [0.2, 0.25) is 0 Å². The molecular weight excluding hydrogens is 478 g/mol. The van der Waals surface area contributed by atoms with Crippen molar-refractivity contribution < 1.29 is 13.2 Å². The Morgan fingerprint density at radius 1 is 0.972 bits per heavy atom. The van der Waals surface area contributed by atoms with Crippen LogP contribution in [0.25, 0.3) is 27.6 Å². The van der Waals surface area contributed by atoms with Crippen LogP contribution in [0, 0.1) is 0 Å². The van der Waals surface area contributed by atoms with Gasteiger partial charge in [-0.2, -0.15) is 0 Å². The molecule has 1 aromatic heterocycles. The molecule has 0 saturated heterocycles. The fraction of sp³-hybridized carbons (Fsp3) is 0.259. The molecule has 0 fully saturated rings. The minimum Gasteiger partial charge on any atom is -0.493 e. The number of sulfonamides is 1. The van der Waals surface area contributed by atoms with Crippen LogP contribution >= 0.6 is 0 Å². The Kier molecular flexibility index (Phi) is 6.53. The van der Waals surface area contributed by atoms with Crippen molar-refractivity contribution in [2.75, 3.05) is 17.6 Å². The van der Waals surface area contributed by atoms with Crippen molar-refractivity contribution in [1.29, 1.82) is 0 Å². The van der Waals surface area contributed by atoms with Gasteiger partial charge in [0.2, 0.25) is 10.0 Å². The lowest BCUT2D eigenvalue weighted by atomic mass is 9.83. The molecule has 0 saturated carbocycles. The molecule has 36 heavy (non-hydrogen) atoms. The maximum absolute atomic E-state index is 12.6. The Morgan fingerprint density at radius 3 is 2.31 bits per heavy atom. The maximum atomic E-state index is 12.6. The first kappa shape index (κ1) is 25.2. The van der Waals surface area contributed by atoms with Gasteiger partial charge in [-0.1, -0.05) is 39.0 Å². The number of anilines is 1. The summed E-state index contributed by atoms with van der Waals surface area (Å²) in [6, 6.07) is 16.3. The summed E-state index contributed by atoms with van der Waals surface area (Å²) in [6.07, 6.45) is 2.58. The van der Waals surface area contributed by atoms with E-state index in [2.05, 4.69) is 30.5 Å². The van der Waals surface area contributed by atoms with Gasteiger partial charge in [0, 0.05) is 29.1 Å². The molecule has 4 aromatic rings. The predicted octanol–water partition coefficient (Wildman–Crippen LogP) is 4.41. The summed E-state index contributed by atoms with van der Waals surface area (Å²) in [7, 11) is -3.38. The van der Waals surface area contributed by atoms with Gasteiger partial charge in [-0.05, 0) is 59.0 Å². The van der Waals surface area contributed by atoms with Crippen LogP contribution in [-0.4, -0.2) is 30.8 Å². The van der Waals surface area contributed by atoms with Gasteiger partial charge in [-0.3, -0.25) is 19.1 Å². The van der Waals surface area contributed by atoms with Crippen molar-refractivity contribution in [3.05, 3.63) is 87.2 Å². The second-order valence-corrected chi connectivity index (χ2v) is 11.4. The zero-order valence-corrected chi connectivity index (χ0v) is 21.7. The van der Waals surface area contributed by atoms with E-state index in [1.807, 2.05) is 43.3 Å². The number of nitrogens with one attached hydrogen (secondary N) is 2. The number of ether oxygens (including phenoxy) is 1. The number of hydrogen-bond acceptors (Lipinski definition) is 5. The molecule has 0 spiro atoms. The van der Waals surface area contributed by atoms with E-state index < -0.39 is 21.3 Å². The summed E-state index contributed by atoms with van der Waals surface area (Å²) in [5, 5.41) is 1.78. The summed E-state index contributed by atoms with van der Waals surface area (Å²) in [5.74, 6) is 0.723. The quantitative estimate of drug-likeness (QED) is 0.402. The zero-order chi connectivity index (χ0) is 26.3. The van der Waals surface area contributed by atoms with Crippen molar-refractivity contribution >= 4 is 26.5 Å². The Balaban J connectivity index is 1.96. The van der Waals surface area contributed by atoms with E-state index in [-0.39, 0.29) is 5.41 Å². The highest BCUT2D eigenvalue weighted by atomic mass is 32.2. The summed E-state index contributed by atoms with van der Waals surface area (Å²) in [6.45, 7) is 8.61. The van der Waals surface area contributed by atoms with E-state index >= 15 is 0 Å². The standard InChI is InChI=1S/C27H29N3O5S/c1-6-35-25-22(19-8-7-18-14-20(29-36(5,33)34)10-9-17(18)13-19)15-21(16-23(25)27(2,3)4)30-12-11-24(31)28-26(30)32/h7-16,29H,6H2,1-5H3,(H,28,31,32). The monoisotopic (exact) mass is 507 g/mol. The summed E-state index contributed by atoms with van der Waals surface area (Å²) in [4.78, 5) is 26.5. The lowest BCUT2D eigenvalue weighted by Crippen LogP contribution is -2.28. The second-order valence-electron chi connectivity index (χ2n) is 9.68. The van der Waals surface area contributed by atoms with Gasteiger partial charge in [0.05, 0.1) is 18.6 Å². The molecule has 0 bridgehead atoms. The number of hydrogen-bond donors (Lipinski definition) is 2. The van der Waals surface area contributed by atoms with Crippen LogP contribution in [0.1, 0.15) is 33.3 Å². The lowest BCUT2D eigenvalue weighted by molar-refractivity contribution is 0.331. The molecular formula is C27H29N3O5S. The van der Waals surface area contributed by atoms with Crippen LogP contribution in [0.3, 0.4) is 0 Å². The Labute approximate surface area is 209 Å². The highest BCUT2D eigenvalue weighted by Crippen LogP contribution is 2.42. The average molecular weight is 508 g/mol. The van der Waals surface area contributed by atoms with Gasteiger partial charge >= 0.3 is 5.69 Å². The number of benzene rings is 3. The zero-order valence-electron chi connectivity index (χ0n) is 20.9. The number of aromatic nitrogens is 2. The van der Waals surface area contributed by atoms with Crippen molar-refractivity contribution in [3.8, 4) is 22.6 Å². The Bertz CT molecular complexity index is 1680. The van der Waals surface area contributed by atoms with Crippen LogP contribution in [-0.2, 0) is 15.4 Å². The molecule has 188 valence electrons. The third-order valence-electron chi connectivity index (χ3n) is 5.73. The van der Waals surface area contributed by atoms with Crippen LogP contribution in [0.5, 0.6) is 5.75 Å². The number of rotatable bonds is 6. The molecule has 0 radical (unpaired) electrons. The number of nitrogens with zero attached hydrogens (tertiary/aromatic N) is 1. The molecule has 0 atom stereocenters. The van der Waals surface area contributed by atoms with E-state index in [0.29, 0.717) is 18.0 Å². The second kappa shape index (κ2) is 9.31. The molecule has 2 N–H and O–H groups in total. The van der Waals surface area contributed by atoms with Crippen LogP contribution in [0.4, 0.5) is 5.69 Å². The first-order valence-electron chi connectivity index (χ1n) is 11.5.